The number of hydrogen-bond donors (Lipinski definition) is 1. The highest BCUT2D eigenvalue weighted by Crippen LogP contribution is 2.18. The lowest BCUT2D eigenvalue weighted by atomic mass is 10.1. The van der Waals surface area contributed by atoms with E-state index >= 15 is 0 Å². The summed E-state index contributed by atoms with van der Waals surface area (Å²) in [6.45, 7) is 4.82. The maximum atomic E-state index is 12.2. The number of hydrogen-bond acceptors (Lipinski definition) is 3. The van der Waals surface area contributed by atoms with Crippen molar-refractivity contribution in [3.63, 3.8) is 0 Å². The molecule has 0 aromatic heterocycles. The molecule has 1 heterocycles. The first-order valence-corrected chi connectivity index (χ1v) is 6.10. The monoisotopic (exact) mass is 253 g/mol. The molecule has 0 radical (unpaired) electrons. The van der Waals surface area contributed by atoms with Crippen molar-refractivity contribution >= 4 is 0 Å². The topological polar surface area (TPSA) is 18.5 Å². The molecule has 0 amide bonds. The van der Waals surface area contributed by atoms with Crippen LogP contribution in [0.2, 0.25) is 0 Å². The van der Waals surface area contributed by atoms with Crippen LogP contribution in [0.15, 0.2) is 0 Å². The molecule has 0 saturated carbocycles. The van der Waals surface area contributed by atoms with Gasteiger partial charge in [-0.25, -0.2) is 0 Å². The van der Waals surface area contributed by atoms with Crippen LogP contribution in [0.1, 0.15) is 13.3 Å². The number of nitrogens with zero attached hydrogens (tertiary/aromatic N) is 2. The Morgan fingerprint density at radius 2 is 1.76 bits per heavy atom. The van der Waals surface area contributed by atoms with Gasteiger partial charge in [-0.05, 0) is 26.9 Å². The molecule has 3 nitrogen and oxygen atoms in total. The zero-order valence-corrected chi connectivity index (χ0v) is 10.6. The molecule has 1 N–H and O–H groups in total. The van der Waals surface area contributed by atoms with Crippen molar-refractivity contribution in [1.82, 2.24) is 15.1 Å². The number of halogens is 3. The van der Waals surface area contributed by atoms with Crippen molar-refractivity contribution < 1.29 is 13.2 Å². The fraction of sp³-hybridized carbons (Fsp3) is 1.00. The molecule has 102 valence electrons. The lowest BCUT2D eigenvalue weighted by molar-refractivity contribution is -0.149. The molecule has 0 aromatic carbocycles. The molecule has 0 bridgehead atoms. The minimum absolute atomic E-state index is 0.440. The van der Waals surface area contributed by atoms with Gasteiger partial charge in [-0.2, -0.15) is 13.2 Å². The summed E-state index contributed by atoms with van der Waals surface area (Å²) in [5, 5.41) is 3.09. The Kier molecular flexibility index (Phi) is 5.69. The summed E-state index contributed by atoms with van der Waals surface area (Å²) in [4.78, 5) is 3.76. The van der Waals surface area contributed by atoms with Crippen molar-refractivity contribution in [2.24, 2.45) is 0 Å². The van der Waals surface area contributed by atoms with Gasteiger partial charge in [0.2, 0.25) is 0 Å². The predicted octanol–water partition coefficient (Wildman–Crippen LogP) is 1.16. The van der Waals surface area contributed by atoms with Gasteiger partial charge in [0.05, 0.1) is 6.54 Å². The summed E-state index contributed by atoms with van der Waals surface area (Å²) < 4.78 is 36.6. The van der Waals surface area contributed by atoms with Crippen LogP contribution < -0.4 is 5.32 Å². The van der Waals surface area contributed by atoms with E-state index in [4.69, 9.17) is 0 Å². The molecular formula is C11H22F3N3. The molecule has 17 heavy (non-hydrogen) atoms. The maximum Gasteiger partial charge on any atom is 0.401 e. The van der Waals surface area contributed by atoms with E-state index in [9.17, 15) is 13.2 Å². The Morgan fingerprint density at radius 3 is 2.24 bits per heavy atom. The van der Waals surface area contributed by atoms with Gasteiger partial charge in [-0.15, -0.1) is 0 Å². The fourth-order valence-electron chi connectivity index (χ4n) is 2.15. The van der Waals surface area contributed by atoms with Crippen LogP contribution in [-0.4, -0.2) is 68.3 Å². The third-order valence-corrected chi connectivity index (χ3v) is 3.25. The van der Waals surface area contributed by atoms with Crippen molar-refractivity contribution in [2.45, 2.75) is 25.6 Å². The SMILES string of the molecule is CNCCC(C)N1CCN(CC(F)(F)F)CC1. The standard InChI is InChI=1S/C11H22F3N3/c1-10(3-4-15-2)17-7-5-16(6-8-17)9-11(12,13)14/h10,15H,3-9H2,1-2H3. The van der Waals surface area contributed by atoms with Gasteiger partial charge in [0.1, 0.15) is 0 Å². The normalized spacial score (nSPS) is 21.7. The van der Waals surface area contributed by atoms with E-state index < -0.39 is 12.7 Å². The Hall–Kier alpha value is -0.330. The van der Waals surface area contributed by atoms with Crippen molar-refractivity contribution in [3.05, 3.63) is 0 Å². The molecule has 1 unspecified atom stereocenters. The highest BCUT2D eigenvalue weighted by atomic mass is 19.4. The van der Waals surface area contributed by atoms with Gasteiger partial charge in [0.25, 0.3) is 0 Å². The van der Waals surface area contributed by atoms with Gasteiger partial charge in [-0.1, -0.05) is 0 Å². The number of piperazine rings is 1. The second kappa shape index (κ2) is 6.56. The molecule has 0 aromatic rings. The lowest BCUT2D eigenvalue weighted by Gasteiger charge is -2.38. The van der Waals surface area contributed by atoms with E-state index in [2.05, 4.69) is 17.1 Å². The molecule has 1 aliphatic rings. The van der Waals surface area contributed by atoms with E-state index in [1.165, 1.54) is 4.90 Å². The van der Waals surface area contributed by atoms with E-state index in [-0.39, 0.29) is 0 Å². The van der Waals surface area contributed by atoms with Crippen LogP contribution in [0.5, 0.6) is 0 Å². The largest absolute Gasteiger partial charge is 0.401 e. The molecule has 6 heteroatoms. The zero-order chi connectivity index (χ0) is 12.9. The van der Waals surface area contributed by atoms with Gasteiger partial charge in [0, 0.05) is 32.2 Å². The summed E-state index contributed by atoms with van der Waals surface area (Å²) in [5.41, 5.74) is 0. The van der Waals surface area contributed by atoms with E-state index in [0.29, 0.717) is 19.1 Å². The summed E-state index contributed by atoms with van der Waals surface area (Å²) in [7, 11) is 1.91. The first-order valence-electron chi connectivity index (χ1n) is 6.10. The third kappa shape index (κ3) is 5.70. The fourth-order valence-corrected chi connectivity index (χ4v) is 2.15. The summed E-state index contributed by atoms with van der Waals surface area (Å²) in [5.74, 6) is 0. The molecule has 1 atom stereocenters. The predicted molar refractivity (Wildman–Crippen MR) is 62.1 cm³/mol. The van der Waals surface area contributed by atoms with Crippen molar-refractivity contribution in [2.75, 3.05) is 46.3 Å². The smallest absolute Gasteiger partial charge is 0.320 e. The number of rotatable bonds is 5. The van der Waals surface area contributed by atoms with Crippen molar-refractivity contribution in [3.8, 4) is 0 Å². The van der Waals surface area contributed by atoms with Crippen LogP contribution in [0.25, 0.3) is 0 Å². The van der Waals surface area contributed by atoms with Crippen LogP contribution in [0.4, 0.5) is 13.2 Å². The Bertz CT molecular complexity index is 212. The first-order chi connectivity index (χ1) is 7.92. The van der Waals surface area contributed by atoms with Gasteiger partial charge < -0.3 is 5.32 Å². The van der Waals surface area contributed by atoms with Crippen molar-refractivity contribution in [1.29, 1.82) is 0 Å². The van der Waals surface area contributed by atoms with Crippen LogP contribution >= 0.6 is 0 Å². The minimum atomic E-state index is -4.07. The number of nitrogens with one attached hydrogen (secondary N) is 1. The van der Waals surface area contributed by atoms with Gasteiger partial charge in [-0.3, -0.25) is 9.80 Å². The number of alkyl halides is 3. The molecule has 0 aliphatic carbocycles. The average Bonchev–Trinajstić information content (AvgIpc) is 2.24. The van der Waals surface area contributed by atoms with E-state index in [1.807, 2.05) is 7.05 Å². The highest BCUT2D eigenvalue weighted by molar-refractivity contribution is 4.77. The first kappa shape index (κ1) is 14.7. The summed E-state index contributed by atoms with van der Waals surface area (Å²) in [6.07, 6.45) is -3.03. The molecule has 0 spiro atoms. The molecular weight excluding hydrogens is 231 g/mol. The molecule has 1 rings (SSSR count). The van der Waals surface area contributed by atoms with Gasteiger partial charge in [0.15, 0.2) is 0 Å². The molecule has 1 saturated heterocycles. The van der Waals surface area contributed by atoms with E-state index in [0.717, 1.165) is 26.1 Å². The average molecular weight is 253 g/mol. The van der Waals surface area contributed by atoms with E-state index in [1.54, 1.807) is 0 Å². The zero-order valence-electron chi connectivity index (χ0n) is 10.6. The Labute approximate surface area is 101 Å². The van der Waals surface area contributed by atoms with Crippen LogP contribution in [0.3, 0.4) is 0 Å². The lowest BCUT2D eigenvalue weighted by Crippen LogP contribution is -2.51. The minimum Gasteiger partial charge on any atom is -0.320 e. The molecule has 1 fully saturated rings. The Balaban J connectivity index is 2.25. The summed E-state index contributed by atoms with van der Waals surface area (Å²) in [6, 6.07) is 0.440. The second-order valence-electron chi connectivity index (χ2n) is 4.67. The quantitative estimate of drug-likeness (QED) is 0.793. The van der Waals surface area contributed by atoms with Gasteiger partial charge >= 0.3 is 6.18 Å². The molecule has 1 aliphatic heterocycles. The van der Waals surface area contributed by atoms with Crippen LogP contribution in [0, 0.1) is 0 Å². The maximum absolute atomic E-state index is 12.2. The summed E-state index contributed by atoms with van der Waals surface area (Å²) >= 11 is 0. The highest BCUT2D eigenvalue weighted by Gasteiger charge is 2.32. The second-order valence-corrected chi connectivity index (χ2v) is 4.67. The van der Waals surface area contributed by atoms with Crippen LogP contribution in [-0.2, 0) is 0 Å². The Morgan fingerprint density at radius 1 is 1.18 bits per heavy atom. The third-order valence-electron chi connectivity index (χ3n) is 3.25.